The van der Waals surface area contributed by atoms with Crippen LogP contribution in [0.2, 0.25) is 18.1 Å². The van der Waals surface area contributed by atoms with E-state index in [-0.39, 0.29) is 34.2 Å². The van der Waals surface area contributed by atoms with Crippen LogP contribution in [0.15, 0.2) is 22.2 Å². The Labute approximate surface area is 359 Å². The fourth-order valence-corrected chi connectivity index (χ4v) is 9.91. The summed E-state index contributed by atoms with van der Waals surface area (Å²) >= 11 is 0. The smallest absolute Gasteiger partial charge is 0.407 e. The molecule has 0 aromatic carbocycles. The predicted octanol–water partition coefficient (Wildman–Crippen LogP) is 1.97. The molecule has 10 atom stereocenters. The second kappa shape index (κ2) is 17.0. The molecule has 29 heteroatoms. The summed E-state index contributed by atoms with van der Waals surface area (Å²) in [5, 5.41) is 4.59. The van der Waals surface area contributed by atoms with Gasteiger partial charge in [-0.2, -0.15) is 9.97 Å². The van der Waals surface area contributed by atoms with Crippen molar-refractivity contribution < 1.29 is 60.5 Å². The quantitative estimate of drug-likeness (QED) is 0.0980. The van der Waals surface area contributed by atoms with Gasteiger partial charge in [0.15, 0.2) is 43.1 Å². The molecule has 3 saturated heterocycles. The van der Waals surface area contributed by atoms with Gasteiger partial charge in [0.2, 0.25) is 23.7 Å². The molecule has 63 heavy (non-hydrogen) atoms. The second-order valence-electron chi connectivity index (χ2n) is 17.5. The molecule has 7 heterocycles. The molecular weight excluding hydrogens is 892 g/mol. The molecule has 0 spiro atoms. The number of nitrogens with one attached hydrogen (secondary N) is 4. The molecule has 7 rings (SSSR count). The number of nitrogens with zero attached hydrogens (tertiary/aromatic N) is 6. The summed E-state index contributed by atoms with van der Waals surface area (Å²) in [6.07, 6.45) is -7.64. The van der Waals surface area contributed by atoms with Crippen LogP contribution < -0.4 is 27.5 Å². The van der Waals surface area contributed by atoms with Gasteiger partial charge in [0.25, 0.3) is 11.1 Å². The minimum Gasteiger partial charge on any atom is -0.407 e. The van der Waals surface area contributed by atoms with Crippen LogP contribution >= 0.6 is 15.6 Å². The van der Waals surface area contributed by atoms with Crippen LogP contribution in [0.5, 0.6) is 0 Å². The van der Waals surface area contributed by atoms with Gasteiger partial charge in [-0.15, -0.1) is 0 Å². The van der Waals surface area contributed by atoms with Crippen molar-refractivity contribution in [2.24, 2.45) is 17.6 Å². The Hall–Kier alpha value is -4.08. The number of hydrogen-bond donors (Lipinski definition) is 7. The highest BCUT2D eigenvalue weighted by molar-refractivity contribution is 7.47. The Bertz CT molecular complexity index is 2630. The number of nitrogens with two attached hydrogens (primary N) is 1. The lowest BCUT2D eigenvalue weighted by Gasteiger charge is -2.40. The number of imidazole rings is 2. The third-order valence-electron chi connectivity index (χ3n) is 11.2. The molecule has 26 nitrogen and oxygen atoms in total. The third-order valence-corrected chi connectivity index (χ3v) is 17.6. The standard InChI is InChI=1S/C34H51N11O15P2Si/c1-14(2)26(46)40-32-38-24-19(28(48)42-32)36-12-44(24)30-18(35)21-16(56-30)10-54-62(52,53)59-22-17(11-55-61(50,51)58-21)57-31(23(22)60-63(8,9)34(5,6)7)45-13-37-20-25(45)39-33(43-29(20)49)41-27(47)15(3)4/h12-18,21-23,30-31H,10-11,35H2,1-9H3,(H,50,51)(H,52,53)(H2,38,40,42,46,48)(H2,39,41,43,47,49)/t16-,17-,18+,21+,22+,23?,30-,31-/m1/s1. The van der Waals surface area contributed by atoms with E-state index >= 15 is 0 Å². The molecule has 0 saturated carbocycles. The normalized spacial score (nSPS) is 30.9. The van der Waals surface area contributed by atoms with Crippen molar-refractivity contribution in [3.8, 4) is 0 Å². The number of phosphoric acid groups is 2. The van der Waals surface area contributed by atoms with Gasteiger partial charge in [-0.05, 0) is 18.1 Å². The van der Waals surface area contributed by atoms with Gasteiger partial charge in [-0.1, -0.05) is 48.5 Å². The highest BCUT2D eigenvalue weighted by atomic mass is 31.2. The molecule has 0 radical (unpaired) electrons. The van der Waals surface area contributed by atoms with E-state index in [0.29, 0.717) is 0 Å². The maximum atomic E-state index is 14.0. The lowest BCUT2D eigenvalue weighted by Crippen LogP contribution is -2.49. The Kier molecular flexibility index (Phi) is 12.7. The molecule has 0 aliphatic carbocycles. The van der Waals surface area contributed by atoms with Gasteiger partial charge < -0.3 is 29.4 Å². The van der Waals surface area contributed by atoms with E-state index in [4.69, 9.17) is 37.7 Å². The highest BCUT2D eigenvalue weighted by Gasteiger charge is 2.56. The topological polar surface area (TPSA) is 351 Å². The van der Waals surface area contributed by atoms with Gasteiger partial charge in [-0.3, -0.25) is 67.0 Å². The molecule has 8 N–H and O–H groups in total. The maximum Gasteiger partial charge on any atom is 0.472 e. The molecule has 4 aromatic heterocycles. The monoisotopic (exact) mass is 943 g/mol. The van der Waals surface area contributed by atoms with Gasteiger partial charge in [-0.25, -0.2) is 19.1 Å². The Morgan fingerprint density at radius 3 is 1.71 bits per heavy atom. The van der Waals surface area contributed by atoms with Crippen LogP contribution in [0.4, 0.5) is 11.9 Å². The van der Waals surface area contributed by atoms with E-state index in [1.54, 1.807) is 27.7 Å². The highest BCUT2D eigenvalue weighted by Crippen LogP contribution is 2.54. The lowest BCUT2D eigenvalue weighted by atomic mass is 10.1. The minimum atomic E-state index is -5.17. The number of ether oxygens (including phenoxy) is 2. The summed E-state index contributed by atoms with van der Waals surface area (Å²) in [7, 11) is -13.2. The van der Waals surface area contributed by atoms with Crippen molar-refractivity contribution in [2.45, 2.75) is 116 Å². The summed E-state index contributed by atoms with van der Waals surface area (Å²) in [5.41, 5.74) is 4.69. The number of fused-ring (bicyclic) bond motifs is 4. The number of anilines is 2. The van der Waals surface area contributed by atoms with Crippen LogP contribution in [0.3, 0.4) is 0 Å². The maximum absolute atomic E-state index is 14.0. The summed E-state index contributed by atoms with van der Waals surface area (Å²) in [6, 6.07) is -1.36. The van der Waals surface area contributed by atoms with Crippen molar-refractivity contribution in [3.05, 3.63) is 33.4 Å². The van der Waals surface area contributed by atoms with Gasteiger partial charge >= 0.3 is 15.6 Å². The number of H-pyrrole nitrogens is 2. The zero-order valence-corrected chi connectivity index (χ0v) is 38.5. The zero-order valence-electron chi connectivity index (χ0n) is 35.7. The van der Waals surface area contributed by atoms with E-state index in [9.17, 15) is 38.1 Å². The van der Waals surface area contributed by atoms with E-state index in [0.717, 1.165) is 0 Å². The van der Waals surface area contributed by atoms with Gasteiger partial charge in [0, 0.05) is 11.8 Å². The van der Waals surface area contributed by atoms with Crippen molar-refractivity contribution in [3.63, 3.8) is 0 Å². The average Bonchev–Trinajstić information content (AvgIpc) is 3.93. The Morgan fingerprint density at radius 1 is 0.825 bits per heavy atom. The third kappa shape index (κ3) is 9.52. The number of aromatic amines is 2. The first-order valence-electron chi connectivity index (χ1n) is 19.9. The first kappa shape index (κ1) is 46.9. The van der Waals surface area contributed by atoms with Crippen LogP contribution in [0.25, 0.3) is 22.3 Å². The molecule has 4 aromatic rings. The van der Waals surface area contributed by atoms with Crippen LogP contribution in [0, 0.1) is 11.8 Å². The van der Waals surface area contributed by atoms with Gasteiger partial charge in [0.1, 0.15) is 30.5 Å². The average molecular weight is 944 g/mol. The number of carbonyl (C=O) groups excluding carboxylic acids is 2. The molecular formula is C34H51N11O15P2Si. The summed E-state index contributed by atoms with van der Waals surface area (Å²) in [6.45, 7) is 14.6. The summed E-state index contributed by atoms with van der Waals surface area (Å²) in [4.78, 5) is 95.5. The van der Waals surface area contributed by atoms with Crippen molar-refractivity contribution in [2.75, 3.05) is 23.8 Å². The van der Waals surface area contributed by atoms with Crippen LogP contribution in [0.1, 0.15) is 60.9 Å². The first-order valence-corrected chi connectivity index (χ1v) is 25.8. The minimum absolute atomic E-state index is 0.0695. The van der Waals surface area contributed by atoms with Crippen molar-refractivity contribution in [1.82, 2.24) is 39.0 Å². The number of carbonyl (C=O) groups is 2. The van der Waals surface area contributed by atoms with Crippen LogP contribution in [-0.4, -0.2) is 119 Å². The largest absolute Gasteiger partial charge is 0.472 e. The van der Waals surface area contributed by atoms with E-state index in [2.05, 4.69) is 40.5 Å². The molecule has 3 aliphatic heterocycles. The van der Waals surface area contributed by atoms with E-state index in [1.165, 1.54) is 21.8 Å². The molecule has 3 fully saturated rings. The molecule has 2 amide bonds. The lowest BCUT2D eigenvalue weighted by molar-refractivity contribution is -0.119. The van der Waals surface area contributed by atoms with E-state index < -0.39 is 126 Å². The number of rotatable bonds is 8. The zero-order chi connectivity index (χ0) is 46.1. The predicted molar refractivity (Wildman–Crippen MR) is 222 cm³/mol. The Morgan fingerprint density at radius 2 is 1.25 bits per heavy atom. The summed E-state index contributed by atoms with van der Waals surface area (Å²) < 4.78 is 72.1. The number of amides is 2. The first-order chi connectivity index (χ1) is 29.3. The fraction of sp³-hybridized carbons (Fsp3) is 0.647. The number of hydrogen-bond acceptors (Lipinski definition) is 18. The number of aromatic nitrogens is 8. The summed E-state index contributed by atoms with van der Waals surface area (Å²) in [5.74, 6) is -2.18. The number of phosphoric ester groups is 2. The molecule has 3 aliphatic rings. The fourth-order valence-electron chi connectivity index (χ4n) is 6.69. The molecule has 3 unspecified atom stereocenters. The van der Waals surface area contributed by atoms with Gasteiger partial charge in [0.05, 0.1) is 31.9 Å². The van der Waals surface area contributed by atoms with E-state index in [1.807, 2.05) is 33.9 Å². The second-order valence-corrected chi connectivity index (χ2v) is 25.1. The molecule has 0 bridgehead atoms. The van der Waals surface area contributed by atoms with Crippen LogP contribution in [-0.2, 0) is 50.7 Å². The van der Waals surface area contributed by atoms with Crippen molar-refractivity contribution >= 4 is 70.0 Å². The SMILES string of the molecule is CC(C)C(=O)Nc1nc2c(ncn2[C@@H]2O[C@@H]3COP(=O)(O)O[C@@H]4[C@H](N)[C@H](n5cnc6c(=O)[nH]c(NC(=O)C(C)C)nc65)O[C@@H]4COP(=O)(O)O[C@@H]3C2O[Si](C)(C)C(C)(C)C)c(=O)[nH]1. The molecule has 346 valence electrons. The van der Waals surface area contributed by atoms with Crippen molar-refractivity contribution in [1.29, 1.82) is 0 Å². The Balaban J connectivity index is 1.22.